The summed E-state index contributed by atoms with van der Waals surface area (Å²) in [5.41, 5.74) is -1.84. The van der Waals surface area contributed by atoms with E-state index in [2.05, 4.69) is 5.32 Å². The van der Waals surface area contributed by atoms with Crippen molar-refractivity contribution in [2.24, 2.45) is 0 Å². The van der Waals surface area contributed by atoms with Crippen LogP contribution in [0.4, 0.5) is 0 Å². The Labute approximate surface area is 155 Å². The Balaban J connectivity index is 2.14. The van der Waals surface area contributed by atoms with E-state index in [1.807, 2.05) is 0 Å². The van der Waals surface area contributed by atoms with E-state index >= 15 is 0 Å². The van der Waals surface area contributed by atoms with Crippen LogP contribution in [0.3, 0.4) is 0 Å². The molecular formula is C17H21ClN2O6. The maximum absolute atomic E-state index is 12.9. The Bertz CT molecular complexity index is 721. The van der Waals surface area contributed by atoms with E-state index in [0.29, 0.717) is 30.2 Å². The zero-order valence-corrected chi connectivity index (χ0v) is 15.2. The summed E-state index contributed by atoms with van der Waals surface area (Å²) >= 11 is 5.96. The highest BCUT2D eigenvalue weighted by molar-refractivity contribution is 6.31. The first-order valence-electron chi connectivity index (χ1n) is 8.05. The summed E-state index contributed by atoms with van der Waals surface area (Å²) in [5.74, 6) is -2.01. The number of benzene rings is 1. The second-order valence-electron chi connectivity index (χ2n) is 6.30. The molecule has 2 atom stereocenters. The Kier molecular flexibility index (Phi) is 6.09. The number of aliphatic carboxylic acids is 1. The average molecular weight is 385 g/mol. The van der Waals surface area contributed by atoms with Crippen molar-refractivity contribution in [3.8, 4) is 5.75 Å². The van der Waals surface area contributed by atoms with Gasteiger partial charge in [0, 0.05) is 11.6 Å². The Morgan fingerprint density at radius 3 is 2.73 bits per heavy atom. The summed E-state index contributed by atoms with van der Waals surface area (Å²) < 4.78 is 5.19. The normalized spacial score (nSPS) is 18.9. The molecule has 1 heterocycles. The highest BCUT2D eigenvalue weighted by atomic mass is 35.5. The van der Waals surface area contributed by atoms with E-state index in [1.165, 1.54) is 18.1 Å². The summed E-state index contributed by atoms with van der Waals surface area (Å²) in [6.07, 6.45) is 1.07. The van der Waals surface area contributed by atoms with Gasteiger partial charge in [0.15, 0.2) is 5.60 Å². The Morgan fingerprint density at radius 2 is 2.12 bits per heavy atom. The highest BCUT2D eigenvalue weighted by Crippen LogP contribution is 2.27. The summed E-state index contributed by atoms with van der Waals surface area (Å²) in [6, 6.07) is 3.89. The topological polar surface area (TPSA) is 116 Å². The Morgan fingerprint density at radius 1 is 1.42 bits per heavy atom. The number of nitrogens with zero attached hydrogens (tertiary/aromatic N) is 1. The molecule has 0 radical (unpaired) electrons. The zero-order chi connectivity index (χ0) is 19.5. The fourth-order valence-electron chi connectivity index (χ4n) is 2.74. The van der Waals surface area contributed by atoms with E-state index in [4.69, 9.17) is 21.4 Å². The summed E-state index contributed by atoms with van der Waals surface area (Å²) in [5, 5.41) is 21.4. The number of halogens is 1. The molecule has 1 aliphatic heterocycles. The fraction of sp³-hybridized carbons (Fsp3) is 0.471. The third-order valence-electron chi connectivity index (χ3n) is 4.28. The molecule has 2 rings (SSSR count). The zero-order valence-electron chi connectivity index (χ0n) is 14.5. The molecule has 1 aromatic rings. The molecule has 3 N–H and O–H groups in total. The van der Waals surface area contributed by atoms with Crippen molar-refractivity contribution in [1.82, 2.24) is 10.2 Å². The molecular weight excluding hydrogens is 364 g/mol. The molecule has 0 saturated carbocycles. The van der Waals surface area contributed by atoms with E-state index in [1.54, 1.807) is 12.1 Å². The van der Waals surface area contributed by atoms with Crippen molar-refractivity contribution in [2.45, 2.75) is 31.4 Å². The first-order valence-corrected chi connectivity index (χ1v) is 8.43. The summed E-state index contributed by atoms with van der Waals surface area (Å²) in [7, 11) is 1.43. The molecule has 1 fully saturated rings. The number of amides is 2. The fourth-order valence-corrected chi connectivity index (χ4v) is 2.91. The van der Waals surface area contributed by atoms with Crippen LogP contribution in [-0.4, -0.2) is 64.7 Å². The molecule has 8 nitrogen and oxygen atoms in total. The first-order chi connectivity index (χ1) is 12.2. The molecule has 1 aliphatic rings. The van der Waals surface area contributed by atoms with Crippen LogP contribution in [0.15, 0.2) is 18.2 Å². The number of carboxylic acid groups (broad SMARTS) is 1. The van der Waals surface area contributed by atoms with Crippen molar-refractivity contribution < 1.29 is 29.3 Å². The third kappa shape index (κ3) is 4.25. The smallest absolute Gasteiger partial charge is 0.337 e. The van der Waals surface area contributed by atoms with Crippen LogP contribution in [0.1, 0.15) is 30.1 Å². The van der Waals surface area contributed by atoms with Crippen LogP contribution in [0.25, 0.3) is 0 Å². The van der Waals surface area contributed by atoms with Gasteiger partial charge in [0.25, 0.3) is 5.91 Å². The molecule has 9 heteroatoms. The number of likely N-dealkylation sites (tertiary alicyclic amines) is 1. The predicted octanol–water partition coefficient (Wildman–Crippen LogP) is 0.905. The monoisotopic (exact) mass is 384 g/mol. The van der Waals surface area contributed by atoms with Crippen LogP contribution >= 0.6 is 11.6 Å². The quantitative estimate of drug-likeness (QED) is 0.671. The standard InChI is InChI=1S/C17H21ClN2O6/c1-17(25,16(23)24)9-19-14(21)12-4-3-7-20(12)15(22)11-8-10(18)5-6-13(11)26-2/h5-6,8,12,25H,3-4,7,9H2,1-2H3,(H,19,21)(H,23,24). The van der Waals surface area contributed by atoms with Gasteiger partial charge in [-0.25, -0.2) is 4.79 Å². The number of nitrogens with one attached hydrogen (secondary N) is 1. The number of rotatable bonds is 6. The number of carbonyl (C=O) groups is 3. The lowest BCUT2D eigenvalue weighted by molar-refractivity contribution is -0.156. The van der Waals surface area contributed by atoms with Crippen LogP contribution < -0.4 is 10.1 Å². The molecule has 2 amide bonds. The van der Waals surface area contributed by atoms with Gasteiger partial charge in [0.1, 0.15) is 11.8 Å². The Hall–Kier alpha value is -2.32. The van der Waals surface area contributed by atoms with Crippen LogP contribution in [0, 0.1) is 0 Å². The number of aliphatic hydroxyl groups is 1. The number of methoxy groups -OCH3 is 1. The van der Waals surface area contributed by atoms with E-state index in [9.17, 15) is 19.5 Å². The van der Waals surface area contributed by atoms with E-state index in [-0.39, 0.29) is 5.56 Å². The highest BCUT2D eigenvalue weighted by Gasteiger charge is 2.37. The van der Waals surface area contributed by atoms with Gasteiger partial charge in [-0.1, -0.05) is 11.6 Å². The van der Waals surface area contributed by atoms with Crippen LogP contribution in [-0.2, 0) is 9.59 Å². The van der Waals surface area contributed by atoms with Gasteiger partial charge in [-0.05, 0) is 38.0 Å². The largest absolute Gasteiger partial charge is 0.496 e. The van der Waals surface area contributed by atoms with Gasteiger partial charge in [-0.15, -0.1) is 0 Å². The van der Waals surface area contributed by atoms with Gasteiger partial charge in [-0.2, -0.15) is 0 Å². The third-order valence-corrected chi connectivity index (χ3v) is 4.51. The minimum Gasteiger partial charge on any atom is -0.496 e. The number of carboxylic acids is 1. The lowest BCUT2D eigenvalue weighted by Gasteiger charge is -2.26. The maximum Gasteiger partial charge on any atom is 0.337 e. The molecule has 1 saturated heterocycles. The van der Waals surface area contributed by atoms with E-state index in [0.717, 1.165) is 6.92 Å². The SMILES string of the molecule is COc1ccc(Cl)cc1C(=O)N1CCCC1C(=O)NCC(C)(O)C(=O)O. The second kappa shape index (κ2) is 7.92. The van der Waals surface area contributed by atoms with E-state index < -0.39 is 36.0 Å². The lowest BCUT2D eigenvalue weighted by Crippen LogP contribution is -2.52. The molecule has 0 aliphatic carbocycles. The van der Waals surface area contributed by atoms with Crippen molar-refractivity contribution in [3.63, 3.8) is 0 Å². The second-order valence-corrected chi connectivity index (χ2v) is 6.73. The molecule has 26 heavy (non-hydrogen) atoms. The maximum atomic E-state index is 12.9. The molecule has 1 aromatic carbocycles. The molecule has 0 spiro atoms. The molecule has 142 valence electrons. The van der Waals surface area contributed by atoms with Crippen molar-refractivity contribution in [2.75, 3.05) is 20.2 Å². The predicted molar refractivity (Wildman–Crippen MR) is 93.3 cm³/mol. The molecule has 2 unspecified atom stereocenters. The lowest BCUT2D eigenvalue weighted by atomic mass is 10.1. The van der Waals surface area contributed by atoms with Gasteiger partial charge in [0.05, 0.1) is 19.2 Å². The van der Waals surface area contributed by atoms with Crippen molar-refractivity contribution in [3.05, 3.63) is 28.8 Å². The van der Waals surface area contributed by atoms with Gasteiger partial charge in [0.2, 0.25) is 5.91 Å². The number of hydrogen-bond donors (Lipinski definition) is 3. The van der Waals surface area contributed by atoms with Gasteiger partial charge >= 0.3 is 5.97 Å². The van der Waals surface area contributed by atoms with Crippen molar-refractivity contribution >= 4 is 29.4 Å². The minimum atomic E-state index is -2.08. The van der Waals surface area contributed by atoms with Crippen LogP contribution in [0.5, 0.6) is 5.75 Å². The van der Waals surface area contributed by atoms with Gasteiger partial charge in [-0.3, -0.25) is 9.59 Å². The molecule has 0 aromatic heterocycles. The summed E-state index contributed by atoms with van der Waals surface area (Å²) in [6.45, 7) is 1.01. The minimum absolute atomic E-state index is 0.247. The first kappa shape index (κ1) is 20.0. The number of hydrogen-bond acceptors (Lipinski definition) is 5. The van der Waals surface area contributed by atoms with Gasteiger partial charge < -0.3 is 25.2 Å². The van der Waals surface area contributed by atoms with Crippen molar-refractivity contribution in [1.29, 1.82) is 0 Å². The molecule has 0 bridgehead atoms. The van der Waals surface area contributed by atoms with Crippen LogP contribution in [0.2, 0.25) is 5.02 Å². The number of ether oxygens (including phenoxy) is 1. The summed E-state index contributed by atoms with van der Waals surface area (Å²) in [4.78, 5) is 37.6. The number of carbonyl (C=O) groups excluding carboxylic acids is 2. The average Bonchev–Trinajstić information content (AvgIpc) is 3.08.